The van der Waals surface area contributed by atoms with E-state index in [1.165, 1.54) is 4.31 Å². The molecule has 0 spiro atoms. The molecule has 7 heteroatoms. The standard InChI is InChI=1S/C13H29N3O3S/c1-3-8-15(4-2)10-7-14-20(18,19)16-9-5-6-13(11-16)12-17/h13-14,17H,3-12H2,1-2H3. The summed E-state index contributed by atoms with van der Waals surface area (Å²) in [6, 6.07) is 0. The van der Waals surface area contributed by atoms with E-state index in [1.54, 1.807) is 0 Å². The van der Waals surface area contributed by atoms with E-state index in [0.717, 1.165) is 38.9 Å². The van der Waals surface area contributed by atoms with Gasteiger partial charge in [-0.05, 0) is 38.3 Å². The molecule has 1 unspecified atom stereocenters. The van der Waals surface area contributed by atoms with Gasteiger partial charge >= 0.3 is 0 Å². The predicted octanol–water partition coefficient (Wildman–Crippen LogP) is 0.257. The van der Waals surface area contributed by atoms with Gasteiger partial charge in [-0.15, -0.1) is 0 Å². The van der Waals surface area contributed by atoms with Crippen LogP contribution in [-0.2, 0) is 10.2 Å². The molecular formula is C13H29N3O3S. The molecule has 1 saturated heterocycles. The van der Waals surface area contributed by atoms with Gasteiger partial charge in [0.1, 0.15) is 0 Å². The Labute approximate surface area is 123 Å². The van der Waals surface area contributed by atoms with Crippen LogP contribution in [-0.4, -0.2) is 68.6 Å². The lowest BCUT2D eigenvalue weighted by Gasteiger charge is -2.31. The van der Waals surface area contributed by atoms with E-state index in [1.807, 2.05) is 0 Å². The van der Waals surface area contributed by atoms with Gasteiger partial charge in [0.05, 0.1) is 0 Å². The largest absolute Gasteiger partial charge is 0.396 e. The molecule has 0 aromatic heterocycles. The quantitative estimate of drug-likeness (QED) is 0.641. The van der Waals surface area contributed by atoms with Crippen molar-refractivity contribution in [3.05, 3.63) is 0 Å². The Morgan fingerprint density at radius 3 is 2.70 bits per heavy atom. The minimum Gasteiger partial charge on any atom is -0.396 e. The maximum atomic E-state index is 12.2. The van der Waals surface area contributed by atoms with E-state index in [9.17, 15) is 8.42 Å². The number of rotatable bonds is 9. The summed E-state index contributed by atoms with van der Waals surface area (Å²) in [6.45, 7) is 8.36. The van der Waals surface area contributed by atoms with Gasteiger partial charge in [-0.25, -0.2) is 4.72 Å². The number of hydrogen-bond donors (Lipinski definition) is 2. The first kappa shape index (κ1) is 17.8. The van der Waals surface area contributed by atoms with Crippen molar-refractivity contribution in [3.63, 3.8) is 0 Å². The number of nitrogens with one attached hydrogen (secondary N) is 1. The molecule has 1 fully saturated rings. The summed E-state index contributed by atoms with van der Waals surface area (Å²) in [5.74, 6) is 0.0764. The molecule has 0 aromatic carbocycles. The Morgan fingerprint density at radius 2 is 2.10 bits per heavy atom. The van der Waals surface area contributed by atoms with Crippen LogP contribution in [0.4, 0.5) is 0 Å². The van der Waals surface area contributed by atoms with Crippen molar-refractivity contribution in [1.82, 2.24) is 13.9 Å². The van der Waals surface area contributed by atoms with Gasteiger partial charge < -0.3 is 10.0 Å². The lowest BCUT2D eigenvalue weighted by Crippen LogP contribution is -2.48. The normalized spacial score (nSPS) is 21.5. The Hall–Kier alpha value is -0.210. The van der Waals surface area contributed by atoms with Gasteiger partial charge in [0.15, 0.2) is 0 Å². The molecule has 0 amide bonds. The zero-order chi connectivity index (χ0) is 15.0. The molecule has 120 valence electrons. The second-order valence-corrected chi connectivity index (χ2v) is 7.14. The highest BCUT2D eigenvalue weighted by atomic mass is 32.2. The second-order valence-electron chi connectivity index (χ2n) is 5.38. The summed E-state index contributed by atoms with van der Waals surface area (Å²) >= 11 is 0. The molecule has 2 N–H and O–H groups in total. The fraction of sp³-hybridized carbons (Fsp3) is 1.00. The molecule has 0 radical (unpaired) electrons. The van der Waals surface area contributed by atoms with E-state index in [4.69, 9.17) is 5.11 Å². The Balaban J connectivity index is 2.40. The van der Waals surface area contributed by atoms with Crippen molar-refractivity contribution in [1.29, 1.82) is 0 Å². The summed E-state index contributed by atoms with van der Waals surface area (Å²) in [4.78, 5) is 2.23. The highest BCUT2D eigenvalue weighted by Crippen LogP contribution is 2.17. The Kier molecular flexibility index (Phi) is 7.98. The Morgan fingerprint density at radius 1 is 1.35 bits per heavy atom. The fourth-order valence-electron chi connectivity index (χ4n) is 2.56. The van der Waals surface area contributed by atoms with Crippen LogP contribution < -0.4 is 4.72 Å². The number of aliphatic hydroxyl groups is 1. The monoisotopic (exact) mass is 307 g/mol. The number of nitrogens with zero attached hydrogens (tertiary/aromatic N) is 2. The van der Waals surface area contributed by atoms with Crippen molar-refractivity contribution in [2.24, 2.45) is 5.92 Å². The van der Waals surface area contributed by atoms with Crippen LogP contribution in [0.2, 0.25) is 0 Å². The number of aliphatic hydroxyl groups excluding tert-OH is 1. The molecule has 0 aromatic rings. The lowest BCUT2D eigenvalue weighted by atomic mass is 10.0. The first-order chi connectivity index (χ1) is 9.53. The molecule has 6 nitrogen and oxygen atoms in total. The first-order valence-electron chi connectivity index (χ1n) is 7.61. The van der Waals surface area contributed by atoms with Gasteiger partial charge in [0, 0.05) is 32.8 Å². The third-order valence-electron chi connectivity index (χ3n) is 3.78. The summed E-state index contributed by atoms with van der Waals surface area (Å²) in [6.07, 6.45) is 2.80. The average Bonchev–Trinajstić information content (AvgIpc) is 2.46. The van der Waals surface area contributed by atoms with Crippen LogP contribution in [0.1, 0.15) is 33.1 Å². The average molecular weight is 307 g/mol. The van der Waals surface area contributed by atoms with Crippen molar-refractivity contribution in [2.75, 3.05) is 45.9 Å². The molecule has 1 rings (SSSR count). The summed E-state index contributed by atoms with van der Waals surface area (Å²) in [5.41, 5.74) is 0. The van der Waals surface area contributed by atoms with E-state index in [0.29, 0.717) is 19.6 Å². The van der Waals surface area contributed by atoms with Crippen LogP contribution in [0.15, 0.2) is 0 Å². The SMILES string of the molecule is CCCN(CC)CCNS(=O)(=O)N1CCCC(CO)C1. The first-order valence-corrected chi connectivity index (χ1v) is 9.05. The van der Waals surface area contributed by atoms with Crippen LogP contribution in [0, 0.1) is 5.92 Å². The maximum absolute atomic E-state index is 12.2. The minimum atomic E-state index is -3.40. The predicted molar refractivity (Wildman–Crippen MR) is 80.7 cm³/mol. The van der Waals surface area contributed by atoms with Crippen LogP contribution >= 0.6 is 0 Å². The highest BCUT2D eigenvalue weighted by Gasteiger charge is 2.28. The Bertz CT molecular complexity index is 362. The maximum Gasteiger partial charge on any atom is 0.279 e. The van der Waals surface area contributed by atoms with Gasteiger partial charge in [-0.3, -0.25) is 0 Å². The van der Waals surface area contributed by atoms with E-state index in [2.05, 4.69) is 23.5 Å². The van der Waals surface area contributed by atoms with Gasteiger partial charge in [0.25, 0.3) is 10.2 Å². The zero-order valence-electron chi connectivity index (χ0n) is 12.7. The molecule has 1 aliphatic rings. The molecule has 0 aliphatic carbocycles. The molecule has 20 heavy (non-hydrogen) atoms. The molecule has 1 atom stereocenters. The number of likely N-dealkylation sites (N-methyl/N-ethyl adjacent to an activating group) is 1. The molecule has 1 aliphatic heterocycles. The summed E-state index contributed by atoms with van der Waals surface area (Å²) < 4.78 is 28.5. The van der Waals surface area contributed by atoms with Crippen LogP contribution in [0.25, 0.3) is 0 Å². The van der Waals surface area contributed by atoms with Crippen molar-refractivity contribution in [2.45, 2.75) is 33.1 Å². The van der Waals surface area contributed by atoms with Crippen molar-refractivity contribution >= 4 is 10.2 Å². The molecule has 0 saturated carbocycles. The lowest BCUT2D eigenvalue weighted by molar-refractivity contribution is 0.164. The van der Waals surface area contributed by atoms with Crippen molar-refractivity contribution < 1.29 is 13.5 Å². The van der Waals surface area contributed by atoms with Gasteiger partial charge in [-0.2, -0.15) is 12.7 Å². The van der Waals surface area contributed by atoms with Crippen LogP contribution in [0.3, 0.4) is 0 Å². The van der Waals surface area contributed by atoms with E-state index in [-0.39, 0.29) is 12.5 Å². The highest BCUT2D eigenvalue weighted by molar-refractivity contribution is 7.87. The van der Waals surface area contributed by atoms with E-state index >= 15 is 0 Å². The molecule has 0 bridgehead atoms. The minimum absolute atomic E-state index is 0.0616. The topological polar surface area (TPSA) is 72.9 Å². The number of piperidine rings is 1. The van der Waals surface area contributed by atoms with Crippen molar-refractivity contribution in [3.8, 4) is 0 Å². The van der Waals surface area contributed by atoms with E-state index < -0.39 is 10.2 Å². The van der Waals surface area contributed by atoms with Gasteiger partial charge in [0.2, 0.25) is 0 Å². The third-order valence-corrected chi connectivity index (χ3v) is 5.36. The molecular weight excluding hydrogens is 278 g/mol. The van der Waals surface area contributed by atoms with Crippen LogP contribution in [0.5, 0.6) is 0 Å². The third kappa shape index (κ3) is 5.65. The van der Waals surface area contributed by atoms with Gasteiger partial charge in [-0.1, -0.05) is 13.8 Å². The fourth-order valence-corrected chi connectivity index (χ4v) is 3.87. The molecule has 1 heterocycles. The number of hydrogen-bond acceptors (Lipinski definition) is 4. The second kappa shape index (κ2) is 8.94. The summed E-state index contributed by atoms with van der Waals surface area (Å²) in [5, 5.41) is 9.17. The summed E-state index contributed by atoms with van der Waals surface area (Å²) in [7, 11) is -3.40. The zero-order valence-corrected chi connectivity index (χ0v) is 13.5. The smallest absolute Gasteiger partial charge is 0.279 e.